The quantitative estimate of drug-likeness (QED) is 0.589. The molecule has 0 spiro atoms. The van der Waals surface area contributed by atoms with Crippen molar-refractivity contribution in [3.63, 3.8) is 0 Å². The Morgan fingerprint density at radius 3 is 2.27 bits per heavy atom. The molecule has 1 aromatic rings. The van der Waals surface area contributed by atoms with E-state index in [0.717, 1.165) is 0 Å². The van der Waals surface area contributed by atoms with Gasteiger partial charge >= 0.3 is 0 Å². The molecule has 0 aliphatic heterocycles. The van der Waals surface area contributed by atoms with Crippen molar-refractivity contribution in [2.45, 2.75) is 13.0 Å². The summed E-state index contributed by atoms with van der Waals surface area (Å²) in [7, 11) is 0. The molecule has 0 saturated carbocycles. The van der Waals surface area contributed by atoms with Gasteiger partial charge in [0.2, 0.25) is 0 Å². The molecule has 1 unspecified atom stereocenters. The molecule has 11 heavy (non-hydrogen) atoms. The van der Waals surface area contributed by atoms with Crippen LogP contribution < -0.4 is 0 Å². The van der Waals surface area contributed by atoms with Gasteiger partial charge in [0.15, 0.2) is 11.9 Å². The van der Waals surface area contributed by atoms with Crippen molar-refractivity contribution >= 4 is 5.78 Å². The Morgan fingerprint density at radius 1 is 1.27 bits per heavy atom. The SMILES string of the molecule is CC([O])C(=O)c1ccccc1. The fraction of sp³-hybridized carbons (Fsp3) is 0.222. The molecule has 57 valence electrons. The van der Waals surface area contributed by atoms with Crippen LogP contribution in [0.15, 0.2) is 30.3 Å². The Kier molecular flexibility index (Phi) is 2.39. The van der Waals surface area contributed by atoms with Gasteiger partial charge in [0.1, 0.15) is 0 Å². The lowest BCUT2D eigenvalue weighted by Gasteiger charge is -1.99. The number of hydrogen-bond donors (Lipinski definition) is 0. The summed E-state index contributed by atoms with van der Waals surface area (Å²) < 4.78 is 0. The second-order valence-electron chi connectivity index (χ2n) is 2.37. The van der Waals surface area contributed by atoms with E-state index in [0.29, 0.717) is 5.56 Å². The van der Waals surface area contributed by atoms with Gasteiger partial charge in [-0.25, -0.2) is 5.11 Å². The minimum Gasteiger partial charge on any atom is -0.291 e. The van der Waals surface area contributed by atoms with Gasteiger partial charge < -0.3 is 0 Å². The highest BCUT2D eigenvalue weighted by atomic mass is 16.3. The predicted molar refractivity (Wildman–Crippen MR) is 40.9 cm³/mol. The molecular formula is C9H9O2. The van der Waals surface area contributed by atoms with E-state index in [-0.39, 0.29) is 5.78 Å². The molecule has 2 heteroatoms. The first kappa shape index (κ1) is 7.95. The zero-order valence-electron chi connectivity index (χ0n) is 6.28. The molecule has 0 amide bonds. The fourth-order valence-corrected chi connectivity index (χ4v) is 0.837. The number of carbonyl (C=O) groups is 1. The first-order chi connectivity index (χ1) is 5.22. The minimum absolute atomic E-state index is 0.342. The average molecular weight is 149 g/mol. The lowest BCUT2D eigenvalue weighted by Crippen LogP contribution is -2.14. The third kappa shape index (κ3) is 1.88. The molecule has 2 nitrogen and oxygen atoms in total. The number of Topliss-reactive ketones (excluding diaryl/α,β-unsaturated/α-hetero) is 1. The second kappa shape index (κ2) is 3.30. The standard InChI is InChI=1S/C9H9O2/c1-7(10)9(11)8-5-3-2-4-6-8/h2-7H,1H3. The largest absolute Gasteiger partial charge is 0.291 e. The van der Waals surface area contributed by atoms with E-state index in [4.69, 9.17) is 0 Å². The molecule has 1 atom stereocenters. The van der Waals surface area contributed by atoms with Gasteiger partial charge in [-0.3, -0.25) is 4.79 Å². The van der Waals surface area contributed by atoms with Gasteiger partial charge in [-0.15, -0.1) is 0 Å². The summed E-state index contributed by atoms with van der Waals surface area (Å²) in [6.07, 6.45) is -1.16. The van der Waals surface area contributed by atoms with E-state index in [1.165, 1.54) is 6.92 Å². The summed E-state index contributed by atoms with van der Waals surface area (Å²) in [5, 5.41) is 10.7. The zero-order valence-corrected chi connectivity index (χ0v) is 6.28. The number of hydrogen-bond acceptors (Lipinski definition) is 1. The smallest absolute Gasteiger partial charge is 0.194 e. The summed E-state index contributed by atoms with van der Waals surface area (Å²) in [6, 6.07) is 8.60. The topological polar surface area (TPSA) is 37.0 Å². The first-order valence-electron chi connectivity index (χ1n) is 3.47. The Bertz CT molecular complexity index is 239. The third-order valence-electron chi connectivity index (χ3n) is 1.43. The summed E-state index contributed by atoms with van der Waals surface area (Å²) >= 11 is 0. The normalized spacial score (nSPS) is 12.5. The first-order valence-corrected chi connectivity index (χ1v) is 3.47. The Hall–Kier alpha value is -1.15. The van der Waals surface area contributed by atoms with E-state index in [9.17, 15) is 9.90 Å². The molecular weight excluding hydrogens is 140 g/mol. The maximum atomic E-state index is 11.0. The fourth-order valence-electron chi connectivity index (χ4n) is 0.837. The Labute approximate surface area is 65.5 Å². The van der Waals surface area contributed by atoms with E-state index in [1.54, 1.807) is 24.3 Å². The molecule has 1 rings (SSSR count). The molecule has 0 N–H and O–H groups in total. The molecule has 0 aliphatic rings. The molecule has 1 aromatic carbocycles. The van der Waals surface area contributed by atoms with Crippen molar-refractivity contribution < 1.29 is 9.90 Å². The van der Waals surface area contributed by atoms with Crippen LogP contribution in [0.25, 0.3) is 0 Å². The summed E-state index contributed by atoms with van der Waals surface area (Å²) in [6.45, 7) is 1.36. The predicted octanol–water partition coefficient (Wildman–Crippen LogP) is 1.69. The highest BCUT2D eigenvalue weighted by Crippen LogP contribution is 2.02. The van der Waals surface area contributed by atoms with Crippen LogP contribution in [0, 0.1) is 0 Å². The number of ketones is 1. The number of rotatable bonds is 2. The Morgan fingerprint density at radius 2 is 1.82 bits per heavy atom. The number of carbonyl (C=O) groups excluding carboxylic acids is 1. The summed E-state index contributed by atoms with van der Waals surface area (Å²) in [4.78, 5) is 11.0. The second-order valence-corrected chi connectivity index (χ2v) is 2.37. The Balaban J connectivity index is 2.86. The maximum absolute atomic E-state index is 11.0. The van der Waals surface area contributed by atoms with Gasteiger partial charge in [0, 0.05) is 5.56 Å². The molecule has 0 aromatic heterocycles. The van der Waals surface area contributed by atoms with Crippen LogP contribution in [0.3, 0.4) is 0 Å². The minimum atomic E-state index is -1.16. The van der Waals surface area contributed by atoms with Crippen LogP contribution in [0.1, 0.15) is 17.3 Å². The van der Waals surface area contributed by atoms with Crippen molar-refractivity contribution in [3.05, 3.63) is 35.9 Å². The highest BCUT2D eigenvalue weighted by molar-refractivity contribution is 5.98. The van der Waals surface area contributed by atoms with Gasteiger partial charge in [-0.2, -0.15) is 0 Å². The van der Waals surface area contributed by atoms with E-state index >= 15 is 0 Å². The van der Waals surface area contributed by atoms with Gasteiger partial charge in [-0.1, -0.05) is 30.3 Å². The summed E-state index contributed by atoms with van der Waals surface area (Å²) in [5.74, 6) is -0.342. The van der Waals surface area contributed by atoms with Crippen LogP contribution in [0.2, 0.25) is 0 Å². The molecule has 0 saturated heterocycles. The zero-order chi connectivity index (χ0) is 8.27. The van der Waals surface area contributed by atoms with Gasteiger partial charge in [0.25, 0.3) is 0 Å². The van der Waals surface area contributed by atoms with E-state index in [1.807, 2.05) is 6.07 Å². The van der Waals surface area contributed by atoms with Crippen LogP contribution >= 0.6 is 0 Å². The highest BCUT2D eigenvalue weighted by Gasteiger charge is 2.11. The van der Waals surface area contributed by atoms with Crippen molar-refractivity contribution in [3.8, 4) is 0 Å². The van der Waals surface area contributed by atoms with E-state index in [2.05, 4.69) is 0 Å². The molecule has 0 aliphatic carbocycles. The monoisotopic (exact) mass is 149 g/mol. The van der Waals surface area contributed by atoms with Gasteiger partial charge in [0.05, 0.1) is 0 Å². The molecule has 0 bridgehead atoms. The van der Waals surface area contributed by atoms with Crippen LogP contribution in [0.4, 0.5) is 0 Å². The van der Waals surface area contributed by atoms with Gasteiger partial charge in [-0.05, 0) is 6.92 Å². The number of benzene rings is 1. The lowest BCUT2D eigenvalue weighted by atomic mass is 10.1. The van der Waals surface area contributed by atoms with Crippen LogP contribution in [0.5, 0.6) is 0 Å². The maximum Gasteiger partial charge on any atom is 0.194 e. The van der Waals surface area contributed by atoms with Crippen LogP contribution in [-0.4, -0.2) is 11.9 Å². The van der Waals surface area contributed by atoms with Crippen LogP contribution in [-0.2, 0) is 5.11 Å². The summed E-state index contributed by atoms with van der Waals surface area (Å²) in [5.41, 5.74) is 0.495. The lowest BCUT2D eigenvalue weighted by molar-refractivity contribution is 0.0605. The third-order valence-corrected chi connectivity index (χ3v) is 1.43. The molecule has 0 fully saturated rings. The van der Waals surface area contributed by atoms with E-state index < -0.39 is 6.10 Å². The van der Waals surface area contributed by atoms with Crippen molar-refractivity contribution in [1.82, 2.24) is 0 Å². The molecule has 0 heterocycles. The van der Waals surface area contributed by atoms with Crippen molar-refractivity contribution in [2.75, 3.05) is 0 Å². The molecule has 1 radical (unpaired) electrons. The van der Waals surface area contributed by atoms with Crippen molar-refractivity contribution in [2.24, 2.45) is 0 Å². The van der Waals surface area contributed by atoms with Crippen molar-refractivity contribution in [1.29, 1.82) is 0 Å². The average Bonchev–Trinajstić information content (AvgIpc) is 2.05.